The van der Waals surface area contributed by atoms with Crippen LogP contribution < -0.4 is 0 Å². The van der Waals surface area contributed by atoms with Crippen molar-refractivity contribution >= 4 is 17.0 Å². The van der Waals surface area contributed by atoms with Crippen molar-refractivity contribution in [2.75, 3.05) is 13.2 Å². The van der Waals surface area contributed by atoms with Gasteiger partial charge in [-0.15, -0.1) is 0 Å². The summed E-state index contributed by atoms with van der Waals surface area (Å²) in [5.74, 6) is -0.339. The Labute approximate surface area is 205 Å². The standard InChI is InChI=1S/C28H31N5O2/c1-3-35-28(34)27-22-18-32(19-25-20(2)29-23-13-7-8-14-24(23)30-25)17-15-26(22)33(31-27)16-9-12-21-10-5-4-6-11-21/h4-8,10-11,13-14H,3,9,12,15-19H2,1-2H3. The molecule has 0 bridgehead atoms. The highest BCUT2D eigenvalue weighted by Gasteiger charge is 2.29. The second-order valence-corrected chi connectivity index (χ2v) is 9.01. The Hall–Kier alpha value is -3.58. The Morgan fingerprint density at radius 3 is 2.54 bits per heavy atom. The summed E-state index contributed by atoms with van der Waals surface area (Å²) < 4.78 is 7.38. The summed E-state index contributed by atoms with van der Waals surface area (Å²) >= 11 is 0. The first-order valence-electron chi connectivity index (χ1n) is 12.4. The van der Waals surface area contributed by atoms with Crippen LogP contribution in [0.15, 0.2) is 54.6 Å². The van der Waals surface area contributed by atoms with Crippen molar-refractivity contribution in [3.05, 3.63) is 88.5 Å². The number of nitrogens with zero attached hydrogens (tertiary/aromatic N) is 5. The van der Waals surface area contributed by atoms with Gasteiger partial charge in [-0.25, -0.2) is 14.8 Å². The van der Waals surface area contributed by atoms with Crippen molar-refractivity contribution in [1.82, 2.24) is 24.6 Å². The number of aromatic nitrogens is 4. The van der Waals surface area contributed by atoms with Crippen LogP contribution >= 0.6 is 0 Å². The van der Waals surface area contributed by atoms with E-state index in [1.807, 2.05) is 48.9 Å². The number of hydrogen-bond donors (Lipinski definition) is 0. The van der Waals surface area contributed by atoms with Gasteiger partial charge in [-0.3, -0.25) is 9.58 Å². The molecule has 0 saturated carbocycles. The first-order valence-corrected chi connectivity index (χ1v) is 12.4. The van der Waals surface area contributed by atoms with Gasteiger partial charge in [0.1, 0.15) is 0 Å². The Kier molecular flexibility index (Phi) is 6.86. The molecule has 0 unspecified atom stereocenters. The Bertz CT molecular complexity index is 1330. The van der Waals surface area contributed by atoms with E-state index in [1.54, 1.807) is 0 Å². The Morgan fingerprint density at radius 2 is 1.77 bits per heavy atom. The molecule has 1 aliphatic heterocycles. The van der Waals surface area contributed by atoms with Crippen LogP contribution in [0, 0.1) is 6.92 Å². The third-order valence-corrected chi connectivity index (χ3v) is 6.58. The highest BCUT2D eigenvalue weighted by atomic mass is 16.5. The van der Waals surface area contributed by atoms with E-state index in [-0.39, 0.29) is 5.97 Å². The molecule has 1 aliphatic rings. The zero-order chi connectivity index (χ0) is 24.2. The number of hydrogen-bond acceptors (Lipinski definition) is 6. The summed E-state index contributed by atoms with van der Waals surface area (Å²) in [6, 6.07) is 18.4. The SMILES string of the molecule is CCOC(=O)c1nn(CCCc2ccccc2)c2c1CN(Cc1nc3ccccc3nc1C)CC2. The van der Waals surface area contributed by atoms with Gasteiger partial charge in [0, 0.05) is 43.9 Å². The lowest BCUT2D eigenvalue weighted by molar-refractivity contribution is 0.0515. The minimum Gasteiger partial charge on any atom is -0.461 e. The smallest absolute Gasteiger partial charge is 0.359 e. The molecular weight excluding hydrogens is 438 g/mol. The predicted octanol–water partition coefficient (Wildman–Crippen LogP) is 4.50. The van der Waals surface area contributed by atoms with Gasteiger partial charge in [0.05, 0.1) is 29.0 Å². The minimum atomic E-state index is -0.339. The van der Waals surface area contributed by atoms with Crippen LogP contribution in [-0.2, 0) is 37.2 Å². The summed E-state index contributed by atoms with van der Waals surface area (Å²) in [7, 11) is 0. The van der Waals surface area contributed by atoms with Crippen LogP contribution in [0.1, 0.15) is 52.0 Å². The monoisotopic (exact) mass is 469 g/mol. The molecule has 0 fully saturated rings. The number of benzene rings is 2. The van der Waals surface area contributed by atoms with Crippen LogP contribution in [0.5, 0.6) is 0 Å². The second-order valence-electron chi connectivity index (χ2n) is 9.01. The van der Waals surface area contributed by atoms with E-state index in [0.717, 1.165) is 66.0 Å². The van der Waals surface area contributed by atoms with Gasteiger partial charge in [0.25, 0.3) is 0 Å². The third kappa shape index (κ3) is 5.10. The van der Waals surface area contributed by atoms with Crippen molar-refractivity contribution < 1.29 is 9.53 Å². The minimum absolute atomic E-state index is 0.337. The van der Waals surface area contributed by atoms with Crippen molar-refractivity contribution in [3.63, 3.8) is 0 Å². The average molecular weight is 470 g/mol. The number of aryl methyl sites for hydroxylation is 3. The molecule has 35 heavy (non-hydrogen) atoms. The van der Waals surface area contributed by atoms with Gasteiger partial charge in [-0.05, 0) is 44.4 Å². The number of esters is 1. The average Bonchev–Trinajstić information content (AvgIpc) is 3.23. The summed E-state index contributed by atoms with van der Waals surface area (Å²) in [6.45, 7) is 7.18. The van der Waals surface area contributed by atoms with Gasteiger partial charge < -0.3 is 4.74 Å². The van der Waals surface area contributed by atoms with Crippen LogP contribution in [0.3, 0.4) is 0 Å². The van der Waals surface area contributed by atoms with Crippen LogP contribution in [-0.4, -0.2) is 43.8 Å². The fourth-order valence-electron chi connectivity index (χ4n) is 4.79. The number of para-hydroxylation sites is 2. The maximum atomic E-state index is 12.8. The van der Waals surface area contributed by atoms with Crippen LogP contribution in [0.4, 0.5) is 0 Å². The van der Waals surface area contributed by atoms with Gasteiger partial charge in [-0.1, -0.05) is 42.5 Å². The molecule has 3 heterocycles. The number of carbonyl (C=O) groups is 1. The van der Waals surface area contributed by atoms with Gasteiger partial charge in [-0.2, -0.15) is 5.10 Å². The largest absolute Gasteiger partial charge is 0.461 e. The predicted molar refractivity (Wildman–Crippen MR) is 135 cm³/mol. The zero-order valence-corrected chi connectivity index (χ0v) is 20.4. The molecule has 7 nitrogen and oxygen atoms in total. The molecule has 0 amide bonds. The van der Waals surface area contributed by atoms with Crippen molar-refractivity contribution in [3.8, 4) is 0 Å². The normalized spacial score (nSPS) is 13.7. The molecule has 0 aliphatic carbocycles. The highest BCUT2D eigenvalue weighted by Crippen LogP contribution is 2.26. The van der Waals surface area contributed by atoms with Gasteiger partial charge >= 0.3 is 5.97 Å². The van der Waals surface area contributed by atoms with E-state index >= 15 is 0 Å². The Balaban J connectivity index is 1.35. The lowest BCUT2D eigenvalue weighted by Crippen LogP contribution is -2.32. The van der Waals surface area contributed by atoms with Crippen molar-refractivity contribution in [2.24, 2.45) is 0 Å². The van der Waals surface area contributed by atoms with E-state index < -0.39 is 0 Å². The van der Waals surface area contributed by atoms with E-state index in [1.165, 1.54) is 5.56 Å². The molecule has 0 atom stereocenters. The number of carbonyl (C=O) groups excluding carboxylic acids is 1. The lowest BCUT2D eigenvalue weighted by Gasteiger charge is -2.27. The van der Waals surface area contributed by atoms with Crippen molar-refractivity contribution in [1.29, 1.82) is 0 Å². The molecule has 5 rings (SSSR count). The molecule has 0 N–H and O–H groups in total. The topological polar surface area (TPSA) is 73.1 Å². The molecule has 4 aromatic rings. The molecule has 0 radical (unpaired) electrons. The molecule has 0 saturated heterocycles. The molecule has 7 heteroatoms. The number of ether oxygens (including phenoxy) is 1. The molecule has 2 aromatic carbocycles. The van der Waals surface area contributed by atoms with Gasteiger partial charge in [0.2, 0.25) is 0 Å². The molecule has 0 spiro atoms. The lowest BCUT2D eigenvalue weighted by atomic mass is 10.0. The maximum absolute atomic E-state index is 12.8. The summed E-state index contributed by atoms with van der Waals surface area (Å²) in [5, 5.41) is 4.73. The maximum Gasteiger partial charge on any atom is 0.359 e. The van der Waals surface area contributed by atoms with Crippen LogP contribution in [0.2, 0.25) is 0 Å². The van der Waals surface area contributed by atoms with Gasteiger partial charge in [0.15, 0.2) is 5.69 Å². The number of rotatable bonds is 8. The zero-order valence-electron chi connectivity index (χ0n) is 20.4. The molecule has 2 aromatic heterocycles. The Morgan fingerprint density at radius 1 is 1.03 bits per heavy atom. The van der Waals surface area contributed by atoms with E-state index in [9.17, 15) is 4.79 Å². The quantitative estimate of drug-likeness (QED) is 0.354. The first kappa shape index (κ1) is 23.2. The van der Waals surface area contributed by atoms with E-state index in [4.69, 9.17) is 19.8 Å². The van der Waals surface area contributed by atoms with Crippen molar-refractivity contribution in [2.45, 2.75) is 52.7 Å². The first-order chi connectivity index (χ1) is 17.1. The number of fused-ring (bicyclic) bond motifs is 2. The third-order valence-electron chi connectivity index (χ3n) is 6.58. The summed E-state index contributed by atoms with van der Waals surface area (Å²) in [5.41, 5.74) is 7.64. The fourth-order valence-corrected chi connectivity index (χ4v) is 4.79. The van der Waals surface area contributed by atoms with Crippen LogP contribution in [0.25, 0.3) is 11.0 Å². The second kappa shape index (κ2) is 10.4. The summed E-state index contributed by atoms with van der Waals surface area (Å²) in [4.78, 5) is 24.7. The summed E-state index contributed by atoms with van der Waals surface area (Å²) in [6.07, 6.45) is 2.79. The van der Waals surface area contributed by atoms with E-state index in [0.29, 0.717) is 25.4 Å². The highest BCUT2D eigenvalue weighted by molar-refractivity contribution is 5.89. The fraction of sp³-hybridized carbons (Fsp3) is 0.357. The van der Waals surface area contributed by atoms with E-state index in [2.05, 4.69) is 29.2 Å². The molecule has 180 valence electrons. The molecular formula is C28H31N5O2.